The lowest BCUT2D eigenvalue weighted by Gasteiger charge is -2.08. The molecule has 0 radical (unpaired) electrons. The van der Waals surface area contributed by atoms with Crippen LogP contribution in [0.4, 0.5) is 17.1 Å². The van der Waals surface area contributed by atoms with Crippen molar-refractivity contribution in [1.82, 2.24) is 5.32 Å². The molecular formula is C16H15ClN4O4. The summed E-state index contributed by atoms with van der Waals surface area (Å²) in [5.74, 6) is -0.561. The highest BCUT2D eigenvalue weighted by molar-refractivity contribution is 6.32. The fourth-order valence-corrected chi connectivity index (χ4v) is 2.19. The van der Waals surface area contributed by atoms with Crippen molar-refractivity contribution in [3.8, 4) is 0 Å². The molecule has 0 aliphatic rings. The van der Waals surface area contributed by atoms with Crippen LogP contribution in [0.1, 0.15) is 10.4 Å². The van der Waals surface area contributed by atoms with E-state index in [-0.39, 0.29) is 29.1 Å². The largest absolute Gasteiger partial charge is 0.376 e. The molecule has 9 heteroatoms. The summed E-state index contributed by atoms with van der Waals surface area (Å²) in [6.07, 6.45) is 0. The Morgan fingerprint density at radius 3 is 2.36 bits per heavy atom. The quantitative estimate of drug-likeness (QED) is 0.540. The summed E-state index contributed by atoms with van der Waals surface area (Å²) < 4.78 is 0. The van der Waals surface area contributed by atoms with Crippen molar-refractivity contribution < 1.29 is 14.5 Å². The lowest BCUT2D eigenvalue weighted by molar-refractivity contribution is -0.384. The number of hydrogen-bond donors (Lipinski definition) is 3. The first-order valence-corrected chi connectivity index (χ1v) is 7.58. The van der Waals surface area contributed by atoms with E-state index >= 15 is 0 Å². The third kappa shape index (κ3) is 4.92. The number of nitro benzene ring substituents is 1. The Morgan fingerprint density at radius 2 is 1.76 bits per heavy atom. The van der Waals surface area contributed by atoms with Gasteiger partial charge < -0.3 is 16.0 Å². The minimum absolute atomic E-state index is 0.0243. The number of rotatable bonds is 6. The monoisotopic (exact) mass is 362 g/mol. The van der Waals surface area contributed by atoms with Crippen molar-refractivity contribution in [2.24, 2.45) is 0 Å². The zero-order valence-corrected chi connectivity index (χ0v) is 14.0. The maximum Gasteiger partial charge on any atom is 0.289 e. The predicted octanol–water partition coefficient (Wildman–Crippen LogP) is 2.66. The highest BCUT2D eigenvalue weighted by atomic mass is 35.5. The number of nitrogens with zero attached hydrogens (tertiary/aromatic N) is 1. The first kappa shape index (κ1) is 18.2. The maximum absolute atomic E-state index is 11.9. The number of halogens is 1. The van der Waals surface area contributed by atoms with Gasteiger partial charge in [-0.3, -0.25) is 19.7 Å². The number of nitrogens with one attached hydrogen (secondary N) is 3. The summed E-state index contributed by atoms with van der Waals surface area (Å²) >= 11 is 5.73. The summed E-state index contributed by atoms with van der Waals surface area (Å²) in [6, 6.07) is 10.6. The number of benzene rings is 2. The van der Waals surface area contributed by atoms with Gasteiger partial charge in [0.1, 0.15) is 5.02 Å². The van der Waals surface area contributed by atoms with Crippen molar-refractivity contribution in [3.05, 3.63) is 63.2 Å². The SMILES string of the molecule is CNC(=O)c1ccc(NC(=O)CNc2ccc(Cl)c([N+](=O)[O-])c2)cc1. The molecule has 0 saturated heterocycles. The average Bonchev–Trinajstić information content (AvgIpc) is 2.60. The van der Waals surface area contributed by atoms with Gasteiger partial charge in [0.25, 0.3) is 11.6 Å². The molecule has 0 fully saturated rings. The standard InChI is InChI=1S/C16H15ClN4O4/c1-18-16(23)10-2-4-11(5-3-10)20-15(22)9-19-12-6-7-13(17)14(8-12)21(24)25/h2-8,19H,9H2,1H3,(H,18,23)(H,20,22). The Labute approximate surface area is 148 Å². The molecule has 0 aliphatic heterocycles. The minimum atomic E-state index is -0.596. The third-order valence-corrected chi connectivity index (χ3v) is 3.57. The van der Waals surface area contributed by atoms with Gasteiger partial charge in [-0.05, 0) is 36.4 Å². The molecule has 2 aromatic rings. The molecule has 0 aromatic heterocycles. The number of hydrogen-bond acceptors (Lipinski definition) is 5. The molecule has 0 atom stereocenters. The van der Waals surface area contributed by atoms with Crippen LogP contribution in [0.25, 0.3) is 0 Å². The fourth-order valence-electron chi connectivity index (χ4n) is 2.00. The molecule has 0 saturated carbocycles. The Morgan fingerprint density at radius 1 is 1.12 bits per heavy atom. The third-order valence-electron chi connectivity index (χ3n) is 3.25. The summed E-state index contributed by atoms with van der Waals surface area (Å²) in [5, 5.41) is 18.8. The normalized spacial score (nSPS) is 10.0. The Bertz CT molecular complexity index is 808. The van der Waals surface area contributed by atoms with E-state index < -0.39 is 4.92 Å². The number of amides is 2. The van der Waals surface area contributed by atoms with Gasteiger partial charge in [-0.15, -0.1) is 0 Å². The summed E-state index contributed by atoms with van der Waals surface area (Å²) in [4.78, 5) is 33.6. The van der Waals surface area contributed by atoms with E-state index in [1.165, 1.54) is 19.2 Å². The zero-order chi connectivity index (χ0) is 18.4. The van der Waals surface area contributed by atoms with Crippen LogP contribution >= 0.6 is 11.6 Å². The predicted molar refractivity (Wildman–Crippen MR) is 95.1 cm³/mol. The van der Waals surface area contributed by atoms with E-state index in [0.717, 1.165) is 0 Å². The van der Waals surface area contributed by atoms with Crippen LogP contribution in [0.5, 0.6) is 0 Å². The number of carbonyl (C=O) groups is 2. The molecule has 25 heavy (non-hydrogen) atoms. The van der Waals surface area contributed by atoms with Crippen LogP contribution in [-0.2, 0) is 4.79 Å². The average molecular weight is 363 g/mol. The highest BCUT2D eigenvalue weighted by Gasteiger charge is 2.13. The summed E-state index contributed by atoms with van der Waals surface area (Å²) in [5.41, 5.74) is 1.17. The van der Waals surface area contributed by atoms with Crippen LogP contribution in [0.3, 0.4) is 0 Å². The second-order valence-electron chi connectivity index (χ2n) is 4.98. The zero-order valence-electron chi connectivity index (χ0n) is 13.2. The van der Waals surface area contributed by atoms with E-state index in [2.05, 4.69) is 16.0 Å². The number of nitro groups is 1. The number of anilines is 2. The number of carbonyl (C=O) groups excluding carboxylic acids is 2. The van der Waals surface area contributed by atoms with E-state index in [9.17, 15) is 19.7 Å². The molecular weight excluding hydrogens is 348 g/mol. The van der Waals surface area contributed by atoms with Crippen molar-refractivity contribution >= 4 is 40.5 Å². The summed E-state index contributed by atoms with van der Waals surface area (Å²) in [6.45, 7) is -0.0873. The molecule has 2 amide bonds. The molecule has 0 bridgehead atoms. The van der Waals surface area contributed by atoms with Gasteiger partial charge in [0, 0.05) is 30.1 Å². The lowest BCUT2D eigenvalue weighted by atomic mass is 10.2. The first-order valence-electron chi connectivity index (χ1n) is 7.20. The second kappa shape index (κ2) is 8.11. The second-order valence-corrected chi connectivity index (χ2v) is 5.39. The Hall–Kier alpha value is -3.13. The van der Waals surface area contributed by atoms with Gasteiger partial charge in [-0.25, -0.2) is 0 Å². The first-order chi connectivity index (χ1) is 11.9. The Balaban J connectivity index is 1.94. The van der Waals surface area contributed by atoms with E-state index in [1.807, 2.05) is 0 Å². The molecule has 0 unspecified atom stereocenters. The minimum Gasteiger partial charge on any atom is -0.376 e. The molecule has 0 spiro atoms. The molecule has 0 heterocycles. The van der Waals surface area contributed by atoms with Crippen molar-refractivity contribution in [1.29, 1.82) is 0 Å². The van der Waals surface area contributed by atoms with Crippen molar-refractivity contribution in [3.63, 3.8) is 0 Å². The van der Waals surface area contributed by atoms with Crippen LogP contribution in [0, 0.1) is 10.1 Å². The van der Waals surface area contributed by atoms with Gasteiger partial charge in [0.15, 0.2) is 0 Å². The van der Waals surface area contributed by atoms with Gasteiger partial charge >= 0.3 is 0 Å². The fraction of sp³-hybridized carbons (Fsp3) is 0.125. The summed E-state index contributed by atoms with van der Waals surface area (Å²) in [7, 11) is 1.53. The van der Waals surface area contributed by atoms with Crippen molar-refractivity contribution in [2.75, 3.05) is 24.2 Å². The van der Waals surface area contributed by atoms with E-state index in [0.29, 0.717) is 16.9 Å². The van der Waals surface area contributed by atoms with Gasteiger partial charge in [-0.1, -0.05) is 11.6 Å². The van der Waals surface area contributed by atoms with E-state index in [1.54, 1.807) is 30.3 Å². The molecule has 0 aliphatic carbocycles. The van der Waals surface area contributed by atoms with Crippen LogP contribution in [-0.4, -0.2) is 30.3 Å². The molecule has 2 rings (SSSR count). The topological polar surface area (TPSA) is 113 Å². The Kier molecular flexibility index (Phi) is 5.91. The molecule has 130 valence electrons. The molecule has 8 nitrogen and oxygen atoms in total. The molecule has 2 aromatic carbocycles. The van der Waals surface area contributed by atoms with Gasteiger partial charge in [-0.2, -0.15) is 0 Å². The van der Waals surface area contributed by atoms with Crippen LogP contribution in [0.2, 0.25) is 5.02 Å². The lowest BCUT2D eigenvalue weighted by Crippen LogP contribution is -2.22. The van der Waals surface area contributed by atoms with Crippen molar-refractivity contribution in [2.45, 2.75) is 0 Å². The van der Waals surface area contributed by atoms with E-state index in [4.69, 9.17) is 11.6 Å². The molecule has 3 N–H and O–H groups in total. The van der Waals surface area contributed by atoms with Crippen LogP contribution < -0.4 is 16.0 Å². The van der Waals surface area contributed by atoms with Gasteiger partial charge in [0.2, 0.25) is 5.91 Å². The van der Waals surface area contributed by atoms with Crippen LogP contribution in [0.15, 0.2) is 42.5 Å². The smallest absolute Gasteiger partial charge is 0.289 e. The highest BCUT2D eigenvalue weighted by Crippen LogP contribution is 2.27. The maximum atomic E-state index is 11.9. The van der Waals surface area contributed by atoms with Gasteiger partial charge in [0.05, 0.1) is 11.5 Å².